The lowest BCUT2D eigenvalue weighted by molar-refractivity contribution is -0.137. The maximum atomic E-state index is 13.0. The van der Waals surface area contributed by atoms with Crippen LogP contribution in [0.25, 0.3) is 22.3 Å². The zero-order chi connectivity index (χ0) is 28.4. The molecule has 208 valence electrons. The number of rotatable bonds is 5. The molecule has 0 unspecified atom stereocenters. The Bertz CT molecular complexity index is 1550. The molecule has 1 aliphatic rings. The number of nitrogens with one attached hydrogen (secondary N) is 2. The van der Waals surface area contributed by atoms with Crippen molar-refractivity contribution in [2.45, 2.75) is 32.0 Å². The van der Waals surface area contributed by atoms with Crippen LogP contribution in [0.2, 0.25) is 0 Å². The van der Waals surface area contributed by atoms with E-state index in [0.717, 1.165) is 31.2 Å². The van der Waals surface area contributed by atoms with Gasteiger partial charge in [0, 0.05) is 37.0 Å². The van der Waals surface area contributed by atoms with E-state index >= 15 is 0 Å². The Morgan fingerprint density at radius 3 is 2.62 bits per heavy atom. The number of nitrogens with zero attached hydrogens (tertiary/aromatic N) is 6. The van der Waals surface area contributed by atoms with Gasteiger partial charge in [0.05, 0.1) is 17.0 Å². The van der Waals surface area contributed by atoms with Gasteiger partial charge in [0.2, 0.25) is 0 Å². The van der Waals surface area contributed by atoms with Crippen LogP contribution in [-0.2, 0) is 6.18 Å². The Kier molecular flexibility index (Phi) is 7.24. The molecule has 0 aliphatic carbocycles. The van der Waals surface area contributed by atoms with Crippen molar-refractivity contribution in [2.75, 3.05) is 30.7 Å². The van der Waals surface area contributed by atoms with Gasteiger partial charge in [-0.15, -0.1) is 0 Å². The minimum absolute atomic E-state index is 0.132. The number of hydrogen-bond donors (Lipinski definition) is 3. The van der Waals surface area contributed by atoms with E-state index in [1.165, 1.54) is 18.5 Å². The lowest BCUT2D eigenvalue weighted by Crippen LogP contribution is -2.46. The molecule has 0 saturated carbocycles. The highest BCUT2D eigenvalue weighted by atomic mass is 19.4. The van der Waals surface area contributed by atoms with Crippen LogP contribution in [0, 0.1) is 0 Å². The number of benzene rings is 1. The minimum Gasteiger partial charge on any atom is -0.383 e. The topological polar surface area (TPSA) is 144 Å². The quantitative estimate of drug-likeness (QED) is 0.337. The number of pyridine rings is 1. The Morgan fingerprint density at radius 1 is 1.12 bits per heavy atom. The molecule has 3 aromatic heterocycles. The molecule has 3 amide bonds. The molecule has 40 heavy (non-hydrogen) atoms. The predicted octanol–water partition coefficient (Wildman–Crippen LogP) is 4.11. The van der Waals surface area contributed by atoms with Gasteiger partial charge < -0.3 is 21.3 Å². The lowest BCUT2D eigenvalue weighted by Gasteiger charge is -2.32. The number of likely N-dealkylation sites (tertiary alicyclic amines) is 1. The molecular weight excluding hydrogens is 527 g/mol. The first-order chi connectivity index (χ1) is 19.2. The second kappa shape index (κ2) is 10.8. The smallest absolute Gasteiger partial charge is 0.383 e. The number of piperidine rings is 1. The normalized spacial score (nSPS) is 15.7. The van der Waals surface area contributed by atoms with Gasteiger partial charge in [0.25, 0.3) is 5.91 Å². The van der Waals surface area contributed by atoms with Crippen molar-refractivity contribution < 1.29 is 22.8 Å². The Balaban J connectivity index is 1.42. The van der Waals surface area contributed by atoms with E-state index in [9.17, 15) is 22.8 Å². The summed E-state index contributed by atoms with van der Waals surface area (Å²) in [6.45, 7) is 3.49. The van der Waals surface area contributed by atoms with Gasteiger partial charge in [-0.1, -0.05) is 12.1 Å². The molecule has 1 aromatic carbocycles. The molecule has 0 bridgehead atoms. The van der Waals surface area contributed by atoms with Crippen molar-refractivity contribution in [3.8, 4) is 11.3 Å². The van der Waals surface area contributed by atoms with Crippen molar-refractivity contribution >= 4 is 34.6 Å². The zero-order valence-corrected chi connectivity index (χ0v) is 21.4. The average Bonchev–Trinajstić information content (AvgIpc) is 3.34. The van der Waals surface area contributed by atoms with Gasteiger partial charge in [-0.3, -0.25) is 4.79 Å². The summed E-state index contributed by atoms with van der Waals surface area (Å²) in [4.78, 5) is 39.2. The second-order valence-electron chi connectivity index (χ2n) is 9.29. The van der Waals surface area contributed by atoms with Crippen molar-refractivity contribution in [3.05, 3.63) is 60.0 Å². The fourth-order valence-corrected chi connectivity index (χ4v) is 4.70. The number of urea groups is 1. The van der Waals surface area contributed by atoms with Crippen LogP contribution in [0.15, 0.2) is 48.9 Å². The molecule has 0 spiro atoms. The second-order valence-corrected chi connectivity index (χ2v) is 9.29. The number of nitrogens with two attached hydrogens (primary N) is 1. The van der Waals surface area contributed by atoms with Gasteiger partial charge in [0.1, 0.15) is 23.7 Å². The monoisotopic (exact) mass is 553 g/mol. The highest BCUT2D eigenvalue weighted by Gasteiger charge is 2.31. The predicted molar refractivity (Wildman–Crippen MR) is 141 cm³/mol. The number of nitrogen functional groups attached to an aromatic ring is 1. The summed E-state index contributed by atoms with van der Waals surface area (Å²) in [5.74, 6) is -0.600. The fraction of sp³-hybridized carbons (Fsp3) is 0.308. The number of amides is 3. The van der Waals surface area contributed by atoms with Crippen molar-refractivity contribution in [1.29, 1.82) is 0 Å². The third-order valence-corrected chi connectivity index (χ3v) is 6.63. The van der Waals surface area contributed by atoms with Crippen molar-refractivity contribution in [1.82, 2.24) is 34.9 Å². The highest BCUT2D eigenvalue weighted by Crippen LogP contribution is 2.34. The van der Waals surface area contributed by atoms with E-state index in [-0.39, 0.29) is 29.3 Å². The number of anilines is 2. The lowest BCUT2D eigenvalue weighted by atomic mass is 10.1. The van der Waals surface area contributed by atoms with E-state index in [2.05, 4.69) is 25.6 Å². The van der Waals surface area contributed by atoms with E-state index in [1.54, 1.807) is 21.7 Å². The molecule has 5 rings (SSSR count). The number of fused-ring (bicyclic) bond motifs is 1. The molecule has 1 aliphatic heterocycles. The molecule has 11 nitrogen and oxygen atoms in total. The van der Waals surface area contributed by atoms with Gasteiger partial charge in [-0.2, -0.15) is 18.3 Å². The molecule has 4 aromatic rings. The van der Waals surface area contributed by atoms with Crippen LogP contribution in [0.5, 0.6) is 0 Å². The van der Waals surface area contributed by atoms with Gasteiger partial charge in [-0.25, -0.2) is 24.4 Å². The van der Waals surface area contributed by atoms with Crippen LogP contribution < -0.4 is 16.4 Å². The SMILES string of the molecule is CCNC(=O)N1CCC[C@@H](n2nc(-c3ccc(C(=O)Nc4cc(C(F)(F)F)ccn4)cc3)c3c(N)ncnc32)C1. The standard InChI is InChI=1S/C26H26F3N9O2/c1-2-31-25(40)37-11-3-4-18(13-37)38-23-20(22(30)33-14-34-23)21(36-38)15-5-7-16(8-6-15)24(39)35-19-12-17(9-10-32-19)26(27,28)29/h5-10,12,14,18H,2-4,11,13H2,1H3,(H,31,40)(H2,30,33,34)(H,32,35,39)/t18-/m1/s1. The molecule has 1 saturated heterocycles. The number of carbonyl (C=O) groups excluding carboxylic acids is 2. The first kappa shape index (κ1) is 26.8. The summed E-state index contributed by atoms with van der Waals surface area (Å²) >= 11 is 0. The molecule has 4 N–H and O–H groups in total. The molecule has 4 heterocycles. The number of carbonyl (C=O) groups is 2. The summed E-state index contributed by atoms with van der Waals surface area (Å²) in [7, 11) is 0. The molecule has 1 fully saturated rings. The number of alkyl halides is 3. The van der Waals surface area contributed by atoms with Crippen molar-refractivity contribution in [2.24, 2.45) is 0 Å². The van der Waals surface area contributed by atoms with Crippen LogP contribution in [0.4, 0.5) is 29.6 Å². The minimum atomic E-state index is -4.56. The Hall–Kier alpha value is -4.75. The zero-order valence-electron chi connectivity index (χ0n) is 21.4. The number of halogens is 3. The summed E-state index contributed by atoms with van der Waals surface area (Å²) in [5.41, 5.74) is 7.20. The molecule has 14 heteroatoms. The van der Waals surface area contributed by atoms with E-state index in [4.69, 9.17) is 10.8 Å². The first-order valence-electron chi connectivity index (χ1n) is 12.6. The van der Waals surface area contributed by atoms with Crippen LogP contribution in [-0.4, -0.2) is 61.2 Å². The largest absolute Gasteiger partial charge is 0.416 e. The Morgan fingerprint density at radius 2 is 1.90 bits per heavy atom. The van der Waals surface area contributed by atoms with Gasteiger partial charge in [0.15, 0.2) is 5.65 Å². The number of hydrogen-bond acceptors (Lipinski definition) is 7. The summed E-state index contributed by atoms with van der Waals surface area (Å²) in [6, 6.07) is 7.71. The molecule has 1 atom stereocenters. The Labute approximate surface area is 226 Å². The van der Waals surface area contributed by atoms with E-state index in [0.29, 0.717) is 41.9 Å². The van der Waals surface area contributed by atoms with Crippen LogP contribution >= 0.6 is 0 Å². The maximum absolute atomic E-state index is 13.0. The summed E-state index contributed by atoms with van der Waals surface area (Å²) in [6.07, 6.45) is -0.627. The van der Waals surface area contributed by atoms with Gasteiger partial charge >= 0.3 is 12.2 Å². The number of aromatic nitrogens is 5. The molecular formula is C26H26F3N9O2. The van der Waals surface area contributed by atoms with Crippen LogP contribution in [0.3, 0.4) is 0 Å². The van der Waals surface area contributed by atoms with Gasteiger partial charge in [-0.05, 0) is 44.0 Å². The summed E-state index contributed by atoms with van der Waals surface area (Å²) < 4.78 is 40.8. The average molecular weight is 554 g/mol. The van der Waals surface area contributed by atoms with E-state index in [1.807, 2.05) is 6.92 Å². The molecule has 0 radical (unpaired) electrons. The van der Waals surface area contributed by atoms with Crippen molar-refractivity contribution in [3.63, 3.8) is 0 Å². The van der Waals surface area contributed by atoms with E-state index < -0.39 is 17.6 Å². The summed E-state index contributed by atoms with van der Waals surface area (Å²) in [5, 5.41) is 10.6. The maximum Gasteiger partial charge on any atom is 0.416 e. The first-order valence-corrected chi connectivity index (χ1v) is 12.6. The fourth-order valence-electron chi connectivity index (χ4n) is 4.70. The third kappa shape index (κ3) is 5.37. The van der Waals surface area contributed by atoms with Crippen LogP contribution in [0.1, 0.15) is 41.7 Å². The third-order valence-electron chi connectivity index (χ3n) is 6.63. The highest BCUT2D eigenvalue weighted by molar-refractivity contribution is 6.04.